The van der Waals surface area contributed by atoms with Crippen LogP contribution in [-0.2, 0) is 0 Å². The molecule has 0 radical (unpaired) electrons. The third kappa shape index (κ3) is 4.24. The van der Waals surface area contributed by atoms with Crippen LogP contribution in [0, 0.1) is 0 Å². The fraction of sp³-hybridized carbons (Fsp3) is 0. The van der Waals surface area contributed by atoms with Gasteiger partial charge >= 0.3 is 0 Å². The molecular weight excluding hydrogens is 544 g/mol. The summed E-state index contributed by atoms with van der Waals surface area (Å²) in [6, 6.07) is 20.5. The zero-order valence-corrected chi connectivity index (χ0v) is 23.6. The number of hydrogen-bond acceptors (Lipinski definition) is 1. The Morgan fingerprint density at radius 2 is 0.800 bits per heavy atom. The largest absolute Gasteiger partial charge is 0.456 e. The van der Waals surface area contributed by atoms with Crippen LogP contribution in [0.2, 0.25) is 0 Å². The second-order valence-electron chi connectivity index (χ2n) is 10.7. The van der Waals surface area contributed by atoms with E-state index in [1.807, 2.05) is 72.8 Å². The van der Waals surface area contributed by atoms with Gasteiger partial charge in [-0.2, -0.15) is 0 Å². The third-order valence-corrected chi connectivity index (χ3v) is 8.19. The van der Waals surface area contributed by atoms with Crippen molar-refractivity contribution in [2.45, 2.75) is 0 Å². The maximum Gasteiger partial charge on any atom is 0.136 e. The van der Waals surface area contributed by atoms with E-state index in [1.54, 1.807) is 18.2 Å². The molecular formula is C44H28O. The van der Waals surface area contributed by atoms with Crippen molar-refractivity contribution in [2.75, 3.05) is 0 Å². The van der Waals surface area contributed by atoms with E-state index < -0.39 is 84.1 Å². The fourth-order valence-electron chi connectivity index (χ4n) is 6.16. The van der Waals surface area contributed by atoms with Crippen LogP contribution in [0.25, 0.3) is 88.0 Å². The number of furan rings is 1. The molecule has 0 saturated carbocycles. The first-order valence-electron chi connectivity index (χ1n) is 20.9. The van der Waals surface area contributed by atoms with Crippen LogP contribution in [0.4, 0.5) is 0 Å². The highest BCUT2D eigenvalue weighted by Crippen LogP contribution is 2.44. The quantitative estimate of drug-likeness (QED) is 0.187. The lowest BCUT2D eigenvalue weighted by Gasteiger charge is -2.18. The lowest BCUT2D eigenvalue weighted by Crippen LogP contribution is -1.91. The summed E-state index contributed by atoms with van der Waals surface area (Å²) in [7, 11) is 0. The minimum atomic E-state index is -0.714. The molecule has 210 valence electrons. The van der Waals surface area contributed by atoms with Crippen molar-refractivity contribution in [2.24, 2.45) is 0 Å². The zero-order valence-electron chi connectivity index (χ0n) is 36.6. The standard InChI is InChI=1S/C44H28O/c1-3-12-29(13-4-1)32-22-24-35-36-25-23-33(28-42(36)45-41(35)27-32)31-16-11-17-34(26-31)44-39-20-9-7-18-37(39)43(30-14-5-2-6-15-30)38-19-8-10-21-40(38)44/h1-28H/i2D,5D,6D,7D,8D,9D,10D,14D,15D,18D,19D,20D,21D. The molecule has 1 nitrogen and oxygen atoms in total. The molecule has 0 amide bonds. The molecule has 0 N–H and O–H groups in total. The number of rotatable bonds is 4. The van der Waals surface area contributed by atoms with Crippen molar-refractivity contribution in [1.82, 2.24) is 0 Å². The molecule has 0 aliphatic heterocycles. The number of benzene rings is 8. The normalized spacial score (nSPS) is 15.6. The van der Waals surface area contributed by atoms with Crippen LogP contribution in [-0.4, -0.2) is 0 Å². The Labute approximate surface area is 279 Å². The highest BCUT2D eigenvalue weighted by Gasteiger charge is 2.17. The molecule has 45 heavy (non-hydrogen) atoms. The van der Waals surface area contributed by atoms with Crippen LogP contribution < -0.4 is 0 Å². The Morgan fingerprint density at radius 3 is 1.40 bits per heavy atom. The highest BCUT2D eigenvalue weighted by atomic mass is 16.3. The molecule has 0 spiro atoms. The van der Waals surface area contributed by atoms with E-state index >= 15 is 0 Å². The maximum absolute atomic E-state index is 9.23. The van der Waals surface area contributed by atoms with Crippen molar-refractivity contribution in [1.29, 1.82) is 0 Å². The van der Waals surface area contributed by atoms with Gasteiger partial charge in [-0.1, -0.05) is 139 Å². The summed E-state index contributed by atoms with van der Waals surface area (Å²) in [5, 5.41) is 1.08. The van der Waals surface area contributed by atoms with E-state index in [-0.39, 0.29) is 32.7 Å². The van der Waals surface area contributed by atoms with Gasteiger partial charge in [0.05, 0.1) is 17.8 Å². The molecule has 9 aromatic rings. The average Bonchev–Trinajstić information content (AvgIpc) is 3.61. The summed E-state index contributed by atoms with van der Waals surface area (Å²) in [6.07, 6.45) is 0. The molecule has 0 bridgehead atoms. The molecule has 1 aromatic heterocycles. The second kappa shape index (κ2) is 10.4. The topological polar surface area (TPSA) is 13.1 Å². The van der Waals surface area contributed by atoms with Crippen LogP contribution >= 0.6 is 0 Å². The van der Waals surface area contributed by atoms with E-state index in [0.717, 1.165) is 27.5 Å². The van der Waals surface area contributed by atoms with Crippen molar-refractivity contribution in [3.63, 3.8) is 0 Å². The Hall–Kier alpha value is -5.92. The first-order valence-corrected chi connectivity index (χ1v) is 14.4. The van der Waals surface area contributed by atoms with E-state index in [1.165, 1.54) is 0 Å². The molecule has 0 aliphatic rings. The van der Waals surface area contributed by atoms with Gasteiger partial charge < -0.3 is 4.42 Å². The minimum absolute atomic E-state index is 0.0697. The van der Waals surface area contributed by atoms with Gasteiger partial charge in [0.25, 0.3) is 0 Å². The highest BCUT2D eigenvalue weighted by molar-refractivity contribution is 6.21. The number of hydrogen-bond donors (Lipinski definition) is 0. The number of fused-ring (bicyclic) bond motifs is 5. The van der Waals surface area contributed by atoms with Crippen molar-refractivity contribution < 1.29 is 22.2 Å². The minimum Gasteiger partial charge on any atom is -0.456 e. The van der Waals surface area contributed by atoms with Gasteiger partial charge in [0.1, 0.15) is 11.2 Å². The lowest BCUT2D eigenvalue weighted by atomic mass is 9.85. The fourth-order valence-corrected chi connectivity index (χ4v) is 6.16. The van der Waals surface area contributed by atoms with Gasteiger partial charge in [0, 0.05) is 10.8 Å². The first kappa shape index (κ1) is 15.7. The first-order chi connectivity index (χ1) is 27.7. The molecule has 1 heteroatoms. The summed E-state index contributed by atoms with van der Waals surface area (Å²) < 4.78 is 121. The molecule has 1 heterocycles. The van der Waals surface area contributed by atoms with Crippen molar-refractivity contribution in [3.05, 3.63) is 170 Å². The molecule has 0 fully saturated rings. The van der Waals surface area contributed by atoms with Crippen molar-refractivity contribution in [3.8, 4) is 44.5 Å². The van der Waals surface area contributed by atoms with E-state index in [0.29, 0.717) is 22.3 Å². The summed E-state index contributed by atoms with van der Waals surface area (Å²) in [6.45, 7) is 0. The molecule has 0 saturated heterocycles. The van der Waals surface area contributed by atoms with Gasteiger partial charge in [-0.3, -0.25) is 0 Å². The average molecular weight is 586 g/mol. The van der Waals surface area contributed by atoms with Crippen LogP contribution in [0.3, 0.4) is 0 Å². The third-order valence-electron chi connectivity index (χ3n) is 8.19. The Balaban J connectivity index is 1.36. The van der Waals surface area contributed by atoms with Crippen LogP contribution in [0.1, 0.15) is 17.8 Å². The Bertz CT molecular complexity index is 3150. The zero-order chi connectivity index (χ0) is 41.1. The van der Waals surface area contributed by atoms with Crippen molar-refractivity contribution >= 4 is 43.5 Å². The Morgan fingerprint density at radius 1 is 0.333 bits per heavy atom. The summed E-state index contributed by atoms with van der Waals surface area (Å²) in [5.74, 6) is 0. The van der Waals surface area contributed by atoms with Gasteiger partial charge in [-0.05, 0) is 96.4 Å². The predicted molar refractivity (Wildman–Crippen MR) is 190 cm³/mol. The molecule has 9 rings (SSSR count). The van der Waals surface area contributed by atoms with Gasteiger partial charge in [0.2, 0.25) is 0 Å². The van der Waals surface area contributed by atoms with E-state index in [4.69, 9.17) is 16.8 Å². The van der Waals surface area contributed by atoms with E-state index in [9.17, 15) is 5.48 Å². The molecule has 0 unspecified atom stereocenters. The van der Waals surface area contributed by atoms with Gasteiger partial charge in [0.15, 0.2) is 0 Å². The van der Waals surface area contributed by atoms with Gasteiger partial charge in [-0.15, -0.1) is 0 Å². The Kier molecular flexibility index (Phi) is 3.62. The van der Waals surface area contributed by atoms with Gasteiger partial charge in [-0.25, -0.2) is 0 Å². The van der Waals surface area contributed by atoms with Crippen LogP contribution in [0.15, 0.2) is 174 Å². The SMILES string of the molecule is [2H]c1c([2H])c([2H])c(-c2c3c([2H])c([2H])c([2H])c([2H])c3c(-c3cccc(-c4ccc5c(c4)oc4cc(-c6ccccc6)ccc45)c3)c3c([2H])c([2H])c([2H])c([2H])c23)c([2H])c1[2H]. The smallest absolute Gasteiger partial charge is 0.136 e. The predicted octanol–water partition coefficient (Wildman–Crippen LogP) is 12.6. The molecule has 0 aliphatic carbocycles. The summed E-state index contributed by atoms with van der Waals surface area (Å²) in [5.41, 5.74) is 4.47. The monoisotopic (exact) mass is 585 g/mol. The summed E-state index contributed by atoms with van der Waals surface area (Å²) >= 11 is 0. The lowest BCUT2D eigenvalue weighted by molar-refractivity contribution is 0.669. The summed E-state index contributed by atoms with van der Waals surface area (Å²) in [4.78, 5) is 0. The molecule has 8 aromatic carbocycles. The van der Waals surface area contributed by atoms with Crippen LogP contribution in [0.5, 0.6) is 0 Å². The maximum atomic E-state index is 9.23. The molecule has 0 atom stereocenters. The second-order valence-corrected chi connectivity index (χ2v) is 10.7. The van der Waals surface area contributed by atoms with E-state index in [2.05, 4.69) is 0 Å².